The number of fused-ring (bicyclic) bond motifs is 1. The molecular weight excluding hydrogens is 320 g/mol. The lowest BCUT2D eigenvalue weighted by Crippen LogP contribution is -2.29. The highest BCUT2D eigenvalue weighted by atomic mass is 16.1. The Morgan fingerprint density at radius 1 is 1.32 bits per heavy atom. The van der Waals surface area contributed by atoms with Crippen LogP contribution in [-0.2, 0) is 7.05 Å². The van der Waals surface area contributed by atoms with E-state index < -0.39 is 5.91 Å². The zero-order valence-corrected chi connectivity index (χ0v) is 14.1. The molecule has 25 heavy (non-hydrogen) atoms. The minimum Gasteiger partial charge on any atom is -0.377 e. The van der Waals surface area contributed by atoms with Crippen LogP contribution in [0.4, 0.5) is 5.69 Å². The molecule has 0 bridgehead atoms. The number of carbonyl (C=O) groups excluding carboxylic acids is 1. The van der Waals surface area contributed by atoms with Gasteiger partial charge in [-0.15, -0.1) is 0 Å². The van der Waals surface area contributed by atoms with Crippen molar-refractivity contribution in [1.82, 2.24) is 29.7 Å². The molecular formula is C16H20N8O. The number of anilines is 1. The maximum atomic E-state index is 11.9. The minimum atomic E-state index is -0.526. The highest BCUT2D eigenvalue weighted by molar-refractivity contribution is 6.01. The molecule has 4 rings (SSSR count). The number of aryl methyl sites for hydroxylation is 1. The smallest absolute Gasteiger partial charge is 0.252 e. The lowest BCUT2D eigenvalue weighted by molar-refractivity contribution is 0.100. The van der Waals surface area contributed by atoms with Gasteiger partial charge in [-0.25, -0.2) is 9.50 Å². The van der Waals surface area contributed by atoms with E-state index in [2.05, 4.69) is 32.7 Å². The van der Waals surface area contributed by atoms with Crippen molar-refractivity contribution in [1.29, 1.82) is 0 Å². The Labute approximate surface area is 144 Å². The van der Waals surface area contributed by atoms with E-state index >= 15 is 0 Å². The number of nitrogens with zero attached hydrogens (tertiary/aromatic N) is 5. The SMILES string of the molecule is C[C@@H]1CNC[C@H]1Nc1c(C(N)=O)cnn2cc(-c3cnn(C)c3)nc12. The number of hydrogen-bond acceptors (Lipinski definition) is 6. The van der Waals surface area contributed by atoms with Gasteiger partial charge in [-0.2, -0.15) is 10.2 Å². The molecule has 0 radical (unpaired) electrons. The van der Waals surface area contributed by atoms with Gasteiger partial charge in [-0.05, 0) is 12.5 Å². The third-order valence-electron chi connectivity index (χ3n) is 4.61. The summed E-state index contributed by atoms with van der Waals surface area (Å²) in [6, 6.07) is 0.197. The van der Waals surface area contributed by atoms with Crippen LogP contribution in [0.3, 0.4) is 0 Å². The number of hydrogen-bond donors (Lipinski definition) is 3. The lowest BCUT2D eigenvalue weighted by atomic mass is 10.1. The van der Waals surface area contributed by atoms with Gasteiger partial charge >= 0.3 is 0 Å². The Kier molecular flexibility index (Phi) is 3.65. The van der Waals surface area contributed by atoms with Gasteiger partial charge in [0.25, 0.3) is 5.91 Å². The number of rotatable bonds is 4. The summed E-state index contributed by atoms with van der Waals surface area (Å²) in [4.78, 5) is 16.5. The molecule has 1 aliphatic heterocycles. The van der Waals surface area contributed by atoms with Crippen molar-refractivity contribution >= 4 is 17.2 Å². The molecule has 1 saturated heterocycles. The van der Waals surface area contributed by atoms with E-state index in [1.807, 2.05) is 19.4 Å². The van der Waals surface area contributed by atoms with Gasteiger partial charge in [0.2, 0.25) is 0 Å². The monoisotopic (exact) mass is 340 g/mol. The van der Waals surface area contributed by atoms with E-state index in [1.54, 1.807) is 15.4 Å². The maximum Gasteiger partial charge on any atom is 0.252 e. The molecule has 9 heteroatoms. The second-order valence-corrected chi connectivity index (χ2v) is 6.48. The van der Waals surface area contributed by atoms with Crippen LogP contribution >= 0.6 is 0 Å². The summed E-state index contributed by atoms with van der Waals surface area (Å²) in [5.74, 6) is -0.0938. The molecule has 0 spiro atoms. The number of nitrogens with two attached hydrogens (primary N) is 1. The summed E-state index contributed by atoms with van der Waals surface area (Å²) in [5.41, 5.74) is 8.72. The fourth-order valence-electron chi connectivity index (χ4n) is 3.14. The van der Waals surface area contributed by atoms with Crippen molar-refractivity contribution < 1.29 is 4.79 Å². The van der Waals surface area contributed by atoms with Crippen LogP contribution in [0.2, 0.25) is 0 Å². The first-order valence-corrected chi connectivity index (χ1v) is 8.17. The van der Waals surface area contributed by atoms with Gasteiger partial charge in [-0.3, -0.25) is 9.48 Å². The molecule has 4 heterocycles. The van der Waals surface area contributed by atoms with Crippen molar-refractivity contribution in [3.05, 3.63) is 30.4 Å². The van der Waals surface area contributed by atoms with Crippen molar-refractivity contribution in [2.45, 2.75) is 13.0 Å². The van der Waals surface area contributed by atoms with Crippen molar-refractivity contribution in [2.75, 3.05) is 18.4 Å². The first-order chi connectivity index (χ1) is 12.0. The quantitative estimate of drug-likeness (QED) is 0.627. The van der Waals surface area contributed by atoms with E-state index in [9.17, 15) is 4.79 Å². The predicted molar refractivity (Wildman–Crippen MR) is 93.2 cm³/mol. The molecule has 4 N–H and O–H groups in total. The standard InChI is InChI=1S/C16H20N8O/c1-9-3-18-6-12(9)21-14-11(15(17)25)5-20-24-8-13(22-16(14)24)10-4-19-23(2)7-10/h4-5,7-9,12,18,21H,3,6H2,1-2H3,(H2,17,25)/t9-,12-/m1/s1. The molecule has 3 aromatic rings. The molecule has 1 fully saturated rings. The summed E-state index contributed by atoms with van der Waals surface area (Å²) in [7, 11) is 1.85. The number of amides is 1. The molecule has 1 amide bonds. The molecule has 0 saturated carbocycles. The molecule has 130 valence electrons. The molecule has 3 aromatic heterocycles. The van der Waals surface area contributed by atoms with Crippen LogP contribution in [-0.4, -0.2) is 49.4 Å². The summed E-state index contributed by atoms with van der Waals surface area (Å²) >= 11 is 0. The van der Waals surface area contributed by atoms with Crippen LogP contribution in [0.5, 0.6) is 0 Å². The Balaban J connectivity index is 1.83. The van der Waals surface area contributed by atoms with E-state index in [-0.39, 0.29) is 6.04 Å². The fraction of sp³-hybridized carbons (Fsp3) is 0.375. The summed E-state index contributed by atoms with van der Waals surface area (Å²) < 4.78 is 3.37. The molecule has 2 atom stereocenters. The molecule has 0 aromatic carbocycles. The van der Waals surface area contributed by atoms with Gasteiger partial charge in [0.15, 0.2) is 5.65 Å². The largest absolute Gasteiger partial charge is 0.377 e. The summed E-state index contributed by atoms with van der Waals surface area (Å²) in [6.07, 6.45) is 6.93. The van der Waals surface area contributed by atoms with E-state index in [0.29, 0.717) is 22.8 Å². The Hall–Kier alpha value is -2.94. The Morgan fingerprint density at radius 3 is 2.80 bits per heavy atom. The normalized spacial score (nSPS) is 20.2. The Bertz CT molecular complexity index is 943. The summed E-state index contributed by atoms with van der Waals surface area (Å²) in [6.45, 7) is 3.91. The van der Waals surface area contributed by atoms with E-state index in [4.69, 9.17) is 5.73 Å². The van der Waals surface area contributed by atoms with Crippen molar-refractivity contribution in [3.8, 4) is 11.3 Å². The number of imidazole rings is 1. The van der Waals surface area contributed by atoms with Crippen LogP contribution in [0.15, 0.2) is 24.8 Å². The van der Waals surface area contributed by atoms with E-state index in [1.165, 1.54) is 6.20 Å². The van der Waals surface area contributed by atoms with Crippen molar-refractivity contribution in [3.63, 3.8) is 0 Å². The first kappa shape index (κ1) is 15.6. The van der Waals surface area contributed by atoms with Crippen LogP contribution in [0.25, 0.3) is 16.9 Å². The van der Waals surface area contributed by atoms with Gasteiger partial charge in [0.05, 0.1) is 35.5 Å². The second kappa shape index (κ2) is 5.85. The van der Waals surface area contributed by atoms with Gasteiger partial charge in [0.1, 0.15) is 0 Å². The molecule has 0 unspecified atom stereocenters. The Morgan fingerprint density at radius 2 is 2.16 bits per heavy atom. The first-order valence-electron chi connectivity index (χ1n) is 8.17. The number of nitrogens with one attached hydrogen (secondary N) is 2. The highest BCUT2D eigenvalue weighted by Gasteiger charge is 2.26. The maximum absolute atomic E-state index is 11.9. The number of primary amides is 1. The van der Waals surface area contributed by atoms with Crippen LogP contribution in [0.1, 0.15) is 17.3 Å². The van der Waals surface area contributed by atoms with Gasteiger partial charge in [-0.1, -0.05) is 6.92 Å². The van der Waals surface area contributed by atoms with Crippen LogP contribution in [0, 0.1) is 5.92 Å². The number of carbonyl (C=O) groups is 1. The fourth-order valence-corrected chi connectivity index (χ4v) is 3.14. The second-order valence-electron chi connectivity index (χ2n) is 6.48. The third-order valence-corrected chi connectivity index (χ3v) is 4.61. The zero-order chi connectivity index (χ0) is 17.6. The number of aromatic nitrogens is 5. The average molecular weight is 340 g/mol. The predicted octanol–water partition coefficient (Wildman–Crippen LogP) is 0.249. The topological polar surface area (TPSA) is 115 Å². The average Bonchev–Trinajstić information content (AvgIpc) is 3.27. The zero-order valence-electron chi connectivity index (χ0n) is 14.1. The lowest BCUT2D eigenvalue weighted by Gasteiger charge is -2.19. The molecule has 0 aliphatic carbocycles. The van der Waals surface area contributed by atoms with Gasteiger partial charge < -0.3 is 16.4 Å². The van der Waals surface area contributed by atoms with Crippen LogP contribution < -0.4 is 16.4 Å². The minimum absolute atomic E-state index is 0.197. The summed E-state index contributed by atoms with van der Waals surface area (Å²) in [5, 5.41) is 15.2. The highest BCUT2D eigenvalue weighted by Crippen LogP contribution is 2.27. The van der Waals surface area contributed by atoms with Gasteiger partial charge in [0, 0.05) is 31.4 Å². The molecule has 9 nitrogen and oxygen atoms in total. The van der Waals surface area contributed by atoms with E-state index in [0.717, 1.165) is 24.3 Å². The van der Waals surface area contributed by atoms with Crippen molar-refractivity contribution in [2.24, 2.45) is 18.7 Å². The third kappa shape index (κ3) is 2.72. The molecule has 1 aliphatic rings.